The van der Waals surface area contributed by atoms with Crippen LogP contribution >= 0.6 is 0 Å². The molecule has 59 heavy (non-hydrogen) atoms. The zero-order valence-corrected chi connectivity index (χ0v) is 32.1. The maximum Gasteiger partial charge on any atom is 0.418 e. The highest BCUT2D eigenvalue weighted by atomic mass is 19.4. The molecule has 0 spiro atoms. The number of rotatable bonds is 10. The highest BCUT2D eigenvalue weighted by Crippen LogP contribution is 2.39. The van der Waals surface area contributed by atoms with Crippen LogP contribution in [0.15, 0.2) is 54.7 Å². The van der Waals surface area contributed by atoms with Gasteiger partial charge < -0.3 is 50.3 Å². The topological polar surface area (TPSA) is 131 Å². The summed E-state index contributed by atoms with van der Waals surface area (Å²) in [6.07, 6.45) is -4.14. The standard InChI is InChI=1S/C40H45F5N12O2/c41-39(42)23-1-3-32(48-17-23)49-34-13-25(15-37(52-34)57-20-29-12-28(57)22-59-29)55-6-5-46-31(21-55)38-30(40(43,44)45)2-4-33(53-38)50-35-14-26(56-19-24-11-27(56)18-47-24)16-36(51-35)54-7-9-58-10-8-54/h1-4,13-17,24,27-29,31,39,46-47H,5-12,18-22H2,(H,48,49,52)(H,50,51,53). The van der Waals surface area contributed by atoms with E-state index < -0.39 is 24.2 Å². The molecule has 0 amide bonds. The van der Waals surface area contributed by atoms with E-state index in [2.05, 4.69) is 52.0 Å². The van der Waals surface area contributed by atoms with Crippen LogP contribution in [0.1, 0.15) is 42.1 Å². The number of anilines is 8. The van der Waals surface area contributed by atoms with Crippen LogP contribution in [0.3, 0.4) is 0 Å². The molecule has 6 aliphatic rings. The van der Waals surface area contributed by atoms with Crippen LogP contribution in [0.4, 0.5) is 68.2 Å². The Hall–Kier alpha value is -5.11. The molecule has 312 valence electrons. The number of aromatic nitrogens is 4. The molecule has 4 bridgehead atoms. The Morgan fingerprint density at radius 1 is 0.746 bits per heavy atom. The van der Waals surface area contributed by atoms with Gasteiger partial charge in [0.2, 0.25) is 0 Å². The van der Waals surface area contributed by atoms with Gasteiger partial charge in [-0.05, 0) is 37.1 Å². The van der Waals surface area contributed by atoms with Crippen LogP contribution < -0.4 is 40.9 Å². The van der Waals surface area contributed by atoms with E-state index in [9.17, 15) is 22.0 Å². The summed E-state index contributed by atoms with van der Waals surface area (Å²) in [5.74, 6) is 2.98. The van der Waals surface area contributed by atoms with Crippen LogP contribution in [0, 0.1) is 0 Å². The summed E-state index contributed by atoms with van der Waals surface area (Å²) < 4.78 is 82.1. The normalized spacial score (nSPS) is 25.4. The van der Waals surface area contributed by atoms with Crippen molar-refractivity contribution in [3.8, 4) is 0 Å². The molecule has 0 saturated carbocycles. The molecule has 0 radical (unpaired) electrons. The molecule has 4 aromatic heterocycles. The SMILES string of the molecule is FC(F)c1ccc(Nc2cc(N3CCNC(c4nc(Nc5cc(N6CC7CC6CN7)cc(N6CCOCC6)n5)ccc4C(F)(F)F)C3)cc(N3CC4CC3CO4)n2)nc1. The predicted molar refractivity (Wildman–Crippen MR) is 212 cm³/mol. The van der Waals surface area contributed by atoms with E-state index >= 15 is 0 Å². The Morgan fingerprint density at radius 3 is 2.22 bits per heavy atom. The highest BCUT2D eigenvalue weighted by Gasteiger charge is 2.41. The van der Waals surface area contributed by atoms with E-state index in [0.29, 0.717) is 87.9 Å². The van der Waals surface area contributed by atoms with E-state index in [4.69, 9.17) is 19.4 Å². The number of piperazine rings is 2. The Bertz CT molecular complexity index is 2160. The molecule has 10 heterocycles. The van der Waals surface area contributed by atoms with Crippen LogP contribution in [0.5, 0.6) is 0 Å². The monoisotopic (exact) mass is 820 g/mol. The summed E-state index contributed by atoms with van der Waals surface area (Å²) >= 11 is 0. The smallest absolute Gasteiger partial charge is 0.378 e. The van der Waals surface area contributed by atoms with Crippen LogP contribution in [-0.2, 0) is 15.7 Å². The van der Waals surface area contributed by atoms with Crippen molar-refractivity contribution in [3.05, 3.63) is 71.5 Å². The molecule has 5 unspecified atom stereocenters. The van der Waals surface area contributed by atoms with Crippen molar-refractivity contribution in [2.75, 3.05) is 102 Å². The second kappa shape index (κ2) is 15.5. The lowest BCUT2D eigenvalue weighted by molar-refractivity contribution is -0.138. The van der Waals surface area contributed by atoms with Crippen molar-refractivity contribution in [2.45, 2.75) is 55.7 Å². The Balaban J connectivity index is 0.948. The third-order valence-corrected chi connectivity index (χ3v) is 12.2. The van der Waals surface area contributed by atoms with Gasteiger partial charge in [-0.1, -0.05) is 0 Å². The van der Waals surface area contributed by atoms with E-state index in [1.165, 1.54) is 18.2 Å². The van der Waals surface area contributed by atoms with Crippen molar-refractivity contribution in [1.29, 1.82) is 0 Å². The molecule has 6 aliphatic heterocycles. The van der Waals surface area contributed by atoms with Gasteiger partial charge in [-0.2, -0.15) is 13.2 Å². The van der Waals surface area contributed by atoms with E-state index in [-0.39, 0.29) is 35.8 Å². The molecular formula is C40H45F5N12O2. The number of ether oxygens (including phenoxy) is 2. The molecule has 4 N–H and O–H groups in total. The predicted octanol–water partition coefficient (Wildman–Crippen LogP) is 5.23. The molecule has 0 aliphatic carbocycles. The average Bonchev–Trinajstić information content (AvgIpc) is 4.08. The van der Waals surface area contributed by atoms with Gasteiger partial charge >= 0.3 is 6.18 Å². The summed E-state index contributed by atoms with van der Waals surface area (Å²) in [6.45, 7) is 6.63. The third-order valence-electron chi connectivity index (χ3n) is 12.2. The third kappa shape index (κ3) is 7.87. The summed E-state index contributed by atoms with van der Waals surface area (Å²) in [4.78, 5) is 27.4. The molecule has 6 saturated heterocycles. The second-order valence-electron chi connectivity index (χ2n) is 16.0. The minimum Gasteiger partial charge on any atom is -0.378 e. The molecule has 0 aromatic carbocycles. The lowest BCUT2D eigenvalue weighted by atomic mass is 10.0. The van der Waals surface area contributed by atoms with Gasteiger partial charge in [0, 0.05) is 112 Å². The number of hydrogen-bond donors (Lipinski definition) is 4. The first-order chi connectivity index (χ1) is 28.6. The van der Waals surface area contributed by atoms with Crippen molar-refractivity contribution < 1.29 is 31.4 Å². The summed E-state index contributed by atoms with van der Waals surface area (Å²) in [6, 6.07) is 13.2. The molecular weight excluding hydrogens is 776 g/mol. The second-order valence-corrected chi connectivity index (χ2v) is 16.0. The van der Waals surface area contributed by atoms with Crippen LogP contribution in [0.2, 0.25) is 0 Å². The fourth-order valence-corrected chi connectivity index (χ4v) is 9.23. The van der Waals surface area contributed by atoms with Crippen molar-refractivity contribution in [2.24, 2.45) is 0 Å². The lowest BCUT2D eigenvalue weighted by Crippen LogP contribution is -2.47. The molecule has 10 rings (SSSR count). The summed E-state index contributed by atoms with van der Waals surface area (Å²) in [5, 5.41) is 13.3. The van der Waals surface area contributed by atoms with E-state index in [0.717, 1.165) is 55.4 Å². The first-order valence-corrected chi connectivity index (χ1v) is 20.2. The van der Waals surface area contributed by atoms with Crippen molar-refractivity contribution >= 4 is 46.3 Å². The van der Waals surface area contributed by atoms with Gasteiger partial charge in [0.1, 0.15) is 34.9 Å². The average molecular weight is 821 g/mol. The van der Waals surface area contributed by atoms with Crippen molar-refractivity contribution in [1.82, 2.24) is 30.6 Å². The number of halogens is 5. The lowest BCUT2D eigenvalue weighted by Gasteiger charge is -2.37. The summed E-state index contributed by atoms with van der Waals surface area (Å²) in [5.41, 5.74) is 0.614. The summed E-state index contributed by atoms with van der Waals surface area (Å²) in [7, 11) is 0. The first kappa shape index (κ1) is 38.1. The fraction of sp³-hybridized carbons (Fsp3) is 0.500. The number of pyridine rings is 4. The minimum atomic E-state index is -4.65. The number of alkyl halides is 5. The van der Waals surface area contributed by atoms with Crippen molar-refractivity contribution in [3.63, 3.8) is 0 Å². The zero-order chi connectivity index (χ0) is 40.3. The van der Waals surface area contributed by atoms with Gasteiger partial charge in [0.15, 0.2) is 0 Å². The Labute approximate surface area is 337 Å². The largest absolute Gasteiger partial charge is 0.418 e. The van der Waals surface area contributed by atoms with E-state index in [1.54, 1.807) is 0 Å². The number of hydrogen-bond acceptors (Lipinski definition) is 14. The zero-order valence-electron chi connectivity index (χ0n) is 32.1. The molecule has 5 atom stereocenters. The molecule has 19 heteroatoms. The highest BCUT2D eigenvalue weighted by molar-refractivity contribution is 5.68. The van der Waals surface area contributed by atoms with Crippen LogP contribution in [-0.4, -0.2) is 116 Å². The quantitative estimate of drug-likeness (QED) is 0.156. The van der Waals surface area contributed by atoms with Gasteiger partial charge in [-0.25, -0.2) is 28.7 Å². The number of morpholine rings is 2. The molecule has 14 nitrogen and oxygen atoms in total. The molecule has 4 aromatic rings. The Morgan fingerprint density at radius 2 is 1.53 bits per heavy atom. The minimum absolute atomic E-state index is 0.0954. The van der Waals surface area contributed by atoms with Gasteiger partial charge in [-0.15, -0.1) is 0 Å². The van der Waals surface area contributed by atoms with Gasteiger partial charge in [-0.3, -0.25) is 0 Å². The maximum atomic E-state index is 14.7. The number of nitrogens with zero attached hydrogens (tertiary/aromatic N) is 8. The maximum absolute atomic E-state index is 14.7. The number of nitrogens with one attached hydrogen (secondary N) is 4. The van der Waals surface area contributed by atoms with Gasteiger partial charge in [0.05, 0.1) is 49.3 Å². The van der Waals surface area contributed by atoms with E-state index in [1.807, 2.05) is 23.1 Å². The number of fused-ring (bicyclic) bond motifs is 4. The van der Waals surface area contributed by atoms with Gasteiger partial charge in [0.25, 0.3) is 6.43 Å². The fourth-order valence-electron chi connectivity index (χ4n) is 9.23. The Kier molecular flexibility index (Phi) is 10.0. The first-order valence-electron chi connectivity index (χ1n) is 20.2. The molecule has 6 fully saturated rings. The van der Waals surface area contributed by atoms with Crippen LogP contribution in [0.25, 0.3) is 0 Å².